The molecule has 0 saturated heterocycles. The van der Waals surface area contributed by atoms with Gasteiger partial charge in [0, 0.05) is 11.6 Å². The van der Waals surface area contributed by atoms with E-state index in [9.17, 15) is 4.79 Å². The number of carbonyl (C=O) groups is 1. The Morgan fingerprint density at radius 3 is 2.54 bits per heavy atom. The Bertz CT molecular complexity index is 201. The predicted molar refractivity (Wildman–Crippen MR) is 52.9 cm³/mol. The maximum Gasteiger partial charge on any atom is 0.404 e. The van der Waals surface area contributed by atoms with Gasteiger partial charge in [0.25, 0.3) is 0 Å². The van der Waals surface area contributed by atoms with Crippen molar-refractivity contribution < 1.29 is 9.53 Å². The highest BCUT2D eigenvalue weighted by Crippen LogP contribution is 2.39. The number of rotatable bonds is 1. The Labute approximate surface area is 84.6 Å². The Balaban J connectivity index is 2.52. The first-order valence-corrected chi connectivity index (χ1v) is 5.13. The minimum atomic E-state index is -0.671. The van der Waals surface area contributed by atoms with E-state index in [0.717, 1.165) is 12.8 Å². The number of hydrogen-bond donors (Lipinski definition) is 0. The average Bonchev–Trinajstić information content (AvgIpc) is 1.78. The van der Waals surface area contributed by atoms with Crippen molar-refractivity contribution in [3.8, 4) is 0 Å². The molecule has 1 aliphatic rings. The van der Waals surface area contributed by atoms with E-state index in [1.165, 1.54) is 6.42 Å². The SMILES string of the molecule is CC1CC(OC(=O)Cl)CC(C)(C)C1. The van der Waals surface area contributed by atoms with Gasteiger partial charge < -0.3 is 4.74 Å². The maximum atomic E-state index is 10.6. The lowest BCUT2D eigenvalue weighted by Crippen LogP contribution is -2.33. The van der Waals surface area contributed by atoms with Crippen LogP contribution < -0.4 is 0 Å². The number of hydrogen-bond acceptors (Lipinski definition) is 2. The predicted octanol–water partition coefficient (Wildman–Crippen LogP) is 3.58. The van der Waals surface area contributed by atoms with Crippen molar-refractivity contribution in [1.82, 2.24) is 0 Å². The zero-order valence-corrected chi connectivity index (χ0v) is 9.23. The standard InChI is InChI=1S/C10H17ClO2/c1-7-4-8(13-9(11)12)6-10(2,3)5-7/h7-8H,4-6H2,1-3H3. The Hall–Kier alpha value is -0.240. The van der Waals surface area contributed by atoms with E-state index in [0.29, 0.717) is 5.92 Å². The normalized spacial score (nSPS) is 32.6. The van der Waals surface area contributed by atoms with E-state index in [-0.39, 0.29) is 11.5 Å². The highest BCUT2D eigenvalue weighted by atomic mass is 35.5. The van der Waals surface area contributed by atoms with Crippen LogP contribution >= 0.6 is 11.6 Å². The summed E-state index contributed by atoms with van der Waals surface area (Å²) < 4.78 is 5.02. The van der Waals surface area contributed by atoms with Crippen molar-refractivity contribution in [2.45, 2.75) is 46.1 Å². The largest absolute Gasteiger partial charge is 0.450 e. The molecule has 0 aromatic rings. The lowest BCUT2D eigenvalue weighted by atomic mass is 9.71. The number of carbonyl (C=O) groups excluding carboxylic acids is 1. The molecular weight excluding hydrogens is 188 g/mol. The molecule has 0 aromatic heterocycles. The van der Waals surface area contributed by atoms with Crippen LogP contribution in [0.2, 0.25) is 0 Å². The molecule has 0 heterocycles. The third-order valence-corrected chi connectivity index (χ3v) is 2.69. The molecule has 1 rings (SSSR count). The van der Waals surface area contributed by atoms with E-state index >= 15 is 0 Å². The first-order chi connectivity index (χ1) is 5.89. The fraction of sp³-hybridized carbons (Fsp3) is 0.900. The number of ether oxygens (including phenoxy) is 1. The molecule has 0 aromatic carbocycles. The molecule has 1 fully saturated rings. The smallest absolute Gasteiger partial charge is 0.404 e. The zero-order chi connectivity index (χ0) is 10.1. The summed E-state index contributed by atoms with van der Waals surface area (Å²) in [5.74, 6) is 0.616. The molecule has 13 heavy (non-hydrogen) atoms. The number of halogens is 1. The molecule has 76 valence electrons. The highest BCUT2D eigenvalue weighted by Gasteiger charge is 2.33. The quantitative estimate of drug-likeness (QED) is 0.611. The van der Waals surface area contributed by atoms with E-state index in [4.69, 9.17) is 16.3 Å². The van der Waals surface area contributed by atoms with Crippen LogP contribution in [-0.2, 0) is 4.74 Å². The van der Waals surface area contributed by atoms with Crippen LogP contribution in [0, 0.1) is 11.3 Å². The van der Waals surface area contributed by atoms with Crippen molar-refractivity contribution in [2.24, 2.45) is 11.3 Å². The first kappa shape index (κ1) is 10.8. The van der Waals surface area contributed by atoms with Crippen molar-refractivity contribution in [1.29, 1.82) is 0 Å². The fourth-order valence-electron chi connectivity index (χ4n) is 2.48. The van der Waals surface area contributed by atoms with Gasteiger partial charge >= 0.3 is 5.43 Å². The molecule has 0 amide bonds. The first-order valence-electron chi connectivity index (χ1n) is 4.75. The lowest BCUT2D eigenvalue weighted by Gasteiger charge is -2.37. The van der Waals surface area contributed by atoms with Crippen molar-refractivity contribution in [3.63, 3.8) is 0 Å². The molecule has 2 unspecified atom stereocenters. The van der Waals surface area contributed by atoms with Crippen LogP contribution in [-0.4, -0.2) is 11.5 Å². The molecule has 0 bridgehead atoms. The summed E-state index contributed by atoms with van der Waals surface area (Å²) in [6, 6.07) is 0. The molecule has 1 aliphatic carbocycles. The second-order valence-electron chi connectivity index (χ2n) is 4.89. The van der Waals surface area contributed by atoms with Gasteiger partial charge in [-0.2, -0.15) is 0 Å². The van der Waals surface area contributed by atoms with Gasteiger partial charge in [0.1, 0.15) is 6.10 Å². The van der Waals surface area contributed by atoms with Crippen LogP contribution in [0.5, 0.6) is 0 Å². The summed E-state index contributed by atoms with van der Waals surface area (Å²) >= 11 is 5.19. The fourth-order valence-corrected chi connectivity index (χ4v) is 2.61. The summed E-state index contributed by atoms with van der Waals surface area (Å²) in [7, 11) is 0. The van der Waals surface area contributed by atoms with Crippen molar-refractivity contribution in [2.75, 3.05) is 0 Å². The Morgan fingerprint density at radius 2 is 2.08 bits per heavy atom. The van der Waals surface area contributed by atoms with Gasteiger partial charge in [0.05, 0.1) is 0 Å². The average molecular weight is 205 g/mol. The molecule has 1 saturated carbocycles. The minimum Gasteiger partial charge on any atom is -0.450 e. The molecular formula is C10H17ClO2. The Kier molecular flexibility index (Phi) is 3.23. The van der Waals surface area contributed by atoms with Crippen molar-refractivity contribution in [3.05, 3.63) is 0 Å². The molecule has 0 N–H and O–H groups in total. The van der Waals surface area contributed by atoms with Gasteiger partial charge in [-0.3, -0.25) is 0 Å². The highest BCUT2D eigenvalue weighted by molar-refractivity contribution is 6.61. The van der Waals surface area contributed by atoms with Gasteiger partial charge in [-0.15, -0.1) is 0 Å². The summed E-state index contributed by atoms with van der Waals surface area (Å²) in [6.07, 6.45) is 3.09. The van der Waals surface area contributed by atoms with Gasteiger partial charge in [-0.05, 0) is 30.6 Å². The van der Waals surface area contributed by atoms with E-state index in [1.807, 2.05) is 0 Å². The molecule has 2 nitrogen and oxygen atoms in total. The van der Waals surface area contributed by atoms with Gasteiger partial charge in [0.2, 0.25) is 0 Å². The van der Waals surface area contributed by atoms with Gasteiger partial charge in [0.15, 0.2) is 0 Å². The minimum absolute atomic E-state index is 0.0174. The van der Waals surface area contributed by atoms with Crippen LogP contribution in [0.3, 0.4) is 0 Å². The maximum absolute atomic E-state index is 10.6. The van der Waals surface area contributed by atoms with Crippen LogP contribution in [0.4, 0.5) is 4.79 Å². The third-order valence-electron chi connectivity index (χ3n) is 2.61. The third kappa shape index (κ3) is 3.55. The van der Waals surface area contributed by atoms with Crippen LogP contribution in [0.15, 0.2) is 0 Å². The molecule has 0 spiro atoms. The van der Waals surface area contributed by atoms with Crippen molar-refractivity contribution >= 4 is 17.0 Å². The molecule has 2 atom stereocenters. The lowest BCUT2D eigenvalue weighted by molar-refractivity contribution is 0.0301. The second-order valence-corrected chi connectivity index (χ2v) is 5.20. The van der Waals surface area contributed by atoms with E-state index in [1.54, 1.807) is 0 Å². The molecule has 0 aliphatic heterocycles. The van der Waals surface area contributed by atoms with Gasteiger partial charge in [-0.1, -0.05) is 20.8 Å². The molecule has 3 heteroatoms. The van der Waals surface area contributed by atoms with E-state index in [2.05, 4.69) is 20.8 Å². The summed E-state index contributed by atoms with van der Waals surface area (Å²) in [6.45, 7) is 6.60. The topological polar surface area (TPSA) is 26.3 Å². The van der Waals surface area contributed by atoms with Crippen LogP contribution in [0.1, 0.15) is 40.0 Å². The monoisotopic (exact) mass is 204 g/mol. The summed E-state index contributed by atoms with van der Waals surface area (Å²) in [5.41, 5.74) is -0.399. The Morgan fingerprint density at radius 1 is 1.46 bits per heavy atom. The summed E-state index contributed by atoms with van der Waals surface area (Å²) in [5, 5.41) is 0. The second kappa shape index (κ2) is 3.87. The summed E-state index contributed by atoms with van der Waals surface area (Å²) in [4.78, 5) is 10.6. The van der Waals surface area contributed by atoms with E-state index < -0.39 is 5.43 Å². The zero-order valence-electron chi connectivity index (χ0n) is 8.47. The van der Waals surface area contributed by atoms with Gasteiger partial charge in [-0.25, -0.2) is 4.79 Å². The van der Waals surface area contributed by atoms with Crippen LogP contribution in [0.25, 0.3) is 0 Å². The molecule has 0 radical (unpaired) electrons.